The lowest BCUT2D eigenvalue weighted by Crippen LogP contribution is -2.24. The molecule has 2 unspecified atom stereocenters. The zero-order chi connectivity index (χ0) is 14.7. The van der Waals surface area contributed by atoms with Crippen molar-refractivity contribution in [2.24, 2.45) is 0 Å². The fourth-order valence-electron chi connectivity index (χ4n) is 2.24. The number of hydrogen-bond donors (Lipinski definition) is 1. The standard InChI is InChI=1S/C16H15ClN2S2/c1-11(12-6-8-18-9-7-12)19-16(13-3-2-10-20-13)14-4-5-15(17)21-14/h2-11,16,19H,1H3. The number of hydrogen-bond acceptors (Lipinski definition) is 4. The lowest BCUT2D eigenvalue weighted by atomic mass is 10.1. The van der Waals surface area contributed by atoms with E-state index in [-0.39, 0.29) is 12.1 Å². The van der Waals surface area contributed by atoms with Crippen LogP contribution in [0.4, 0.5) is 0 Å². The second-order valence-electron chi connectivity index (χ2n) is 4.76. The number of rotatable bonds is 5. The highest BCUT2D eigenvalue weighted by molar-refractivity contribution is 7.16. The van der Waals surface area contributed by atoms with Crippen molar-refractivity contribution in [3.63, 3.8) is 0 Å². The zero-order valence-corrected chi connectivity index (χ0v) is 13.9. The van der Waals surface area contributed by atoms with E-state index in [9.17, 15) is 0 Å². The van der Waals surface area contributed by atoms with Crippen molar-refractivity contribution in [2.75, 3.05) is 0 Å². The van der Waals surface area contributed by atoms with Gasteiger partial charge in [-0.05, 0) is 48.2 Å². The van der Waals surface area contributed by atoms with Gasteiger partial charge >= 0.3 is 0 Å². The highest BCUT2D eigenvalue weighted by Gasteiger charge is 2.20. The largest absolute Gasteiger partial charge is 0.298 e. The molecule has 5 heteroatoms. The van der Waals surface area contributed by atoms with Crippen LogP contribution in [0.1, 0.15) is 34.3 Å². The minimum atomic E-state index is 0.172. The van der Waals surface area contributed by atoms with E-state index >= 15 is 0 Å². The lowest BCUT2D eigenvalue weighted by molar-refractivity contribution is 0.526. The van der Waals surface area contributed by atoms with Gasteiger partial charge in [0.25, 0.3) is 0 Å². The van der Waals surface area contributed by atoms with Crippen LogP contribution >= 0.6 is 34.3 Å². The summed E-state index contributed by atoms with van der Waals surface area (Å²) in [7, 11) is 0. The van der Waals surface area contributed by atoms with Gasteiger partial charge in [0.15, 0.2) is 0 Å². The molecule has 3 aromatic heterocycles. The smallest absolute Gasteiger partial charge is 0.0931 e. The van der Waals surface area contributed by atoms with Gasteiger partial charge in [0.05, 0.1) is 10.4 Å². The molecule has 0 aliphatic rings. The summed E-state index contributed by atoms with van der Waals surface area (Å²) in [6, 6.07) is 12.8. The quantitative estimate of drug-likeness (QED) is 0.685. The number of halogens is 1. The Morgan fingerprint density at radius 3 is 2.52 bits per heavy atom. The van der Waals surface area contributed by atoms with E-state index in [2.05, 4.69) is 40.8 Å². The van der Waals surface area contributed by atoms with Gasteiger partial charge in [0.1, 0.15) is 0 Å². The maximum Gasteiger partial charge on any atom is 0.0931 e. The van der Waals surface area contributed by atoms with E-state index in [1.54, 1.807) is 22.7 Å². The van der Waals surface area contributed by atoms with E-state index in [4.69, 9.17) is 11.6 Å². The van der Waals surface area contributed by atoms with Gasteiger partial charge in [-0.3, -0.25) is 10.3 Å². The number of nitrogens with one attached hydrogen (secondary N) is 1. The van der Waals surface area contributed by atoms with Crippen LogP contribution < -0.4 is 5.32 Å². The Balaban J connectivity index is 1.86. The molecule has 0 fully saturated rings. The Bertz CT molecular complexity index is 679. The molecule has 0 aromatic carbocycles. The highest BCUT2D eigenvalue weighted by Crippen LogP contribution is 2.34. The van der Waals surface area contributed by atoms with Gasteiger partial charge in [0.2, 0.25) is 0 Å². The Morgan fingerprint density at radius 2 is 1.90 bits per heavy atom. The summed E-state index contributed by atoms with van der Waals surface area (Å²) in [4.78, 5) is 6.62. The van der Waals surface area contributed by atoms with Crippen molar-refractivity contribution in [1.29, 1.82) is 0 Å². The van der Waals surface area contributed by atoms with Gasteiger partial charge in [-0.15, -0.1) is 22.7 Å². The molecule has 0 saturated heterocycles. The average Bonchev–Trinajstić information content (AvgIpc) is 3.17. The van der Waals surface area contributed by atoms with E-state index < -0.39 is 0 Å². The summed E-state index contributed by atoms with van der Waals surface area (Å²) in [6.45, 7) is 2.17. The summed E-state index contributed by atoms with van der Waals surface area (Å²) in [6.07, 6.45) is 3.66. The molecule has 0 aliphatic heterocycles. The van der Waals surface area contributed by atoms with E-state index in [0.29, 0.717) is 0 Å². The van der Waals surface area contributed by atoms with Crippen LogP contribution in [0.5, 0.6) is 0 Å². The van der Waals surface area contributed by atoms with Crippen molar-refractivity contribution in [3.05, 3.63) is 73.8 Å². The second kappa shape index (κ2) is 6.71. The first kappa shape index (κ1) is 14.7. The lowest BCUT2D eigenvalue weighted by Gasteiger charge is -2.22. The van der Waals surface area contributed by atoms with Gasteiger partial charge in [-0.25, -0.2) is 0 Å². The molecule has 108 valence electrons. The molecular weight excluding hydrogens is 320 g/mol. The molecule has 3 rings (SSSR count). The van der Waals surface area contributed by atoms with Crippen molar-refractivity contribution < 1.29 is 0 Å². The van der Waals surface area contributed by atoms with Gasteiger partial charge in [-0.2, -0.15) is 0 Å². The van der Waals surface area contributed by atoms with Gasteiger partial charge < -0.3 is 0 Å². The van der Waals surface area contributed by atoms with E-state index in [1.165, 1.54) is 15.3 Å². The fraction of sp³-hybridized carbons (Fsp3) is 0.188. The Hall–Kier alpha value is -1.20. The van der Waals surface area contributed by atoms with Crippen LogP contribution in [-0.2, 0) is 0 Å². The molecular formula is C16H15ClN2S2. The fourth-order valence-corrected chi connectivity index (χ4v) is 4.26. The van der Waals surface area contributed by atoms with Crippen molar-refractivity contribution in [2.45, 2.75) is 19.0 Å². The molecule has 0 spiro atoms. The summed E-state index contributed by atoms with van der Waals surface area (Å²) >= 11 is 9.49. The topological polar surface area (TPSA) is 24.9 Å². The van der Waals surface area contributed by atoms with Crippen molar-refractivity contribution in [1.82, 2.24) is 10.3 Å². The van der Waals surface area contributed by atoms with Crippen LogP contribution in [-0.4, -0.2) is 4.98 Å². The molecule has 2 nitrogen and oxygen atoms in total. The van der Waals surface area contributed by atoms with Crippen LogP contribution in [0, 0.1) is 0 Å². The first-order valence-electron chi connectivity index (χ1n) is 6.68. The van der Waals surface area contributed by atoms with Crippen LogP contribution in [0.25, 0.3) is 0 Å². The average molecular weight is 335 g/mol. The molecule has 2 atom stereocenters. The monoisotopic (exact) mass is 334 g/mol. The number of thiophene rings is 2. The van der Waals surface area contributed by atoms with E-state index in [0.717, 1.165) is 4.34 Å². The minimum Gasteiger partial charge on any atom is -0.298 e. The van der Waals surface area contributed by atoms with E-state index in [1.807, 2.05) is 30.6 Å². The molecule has 1 N–H and O–H groups in total. The van der Waals surface area contributed by atoms with Gasteiger partial charge in [-0.1, -0.05) is 17.7 Å². The molecule has 0 radical (unpaired) electrons. The molecule has 0 amide bonds. The van der Waals surface area contributed by atoms with Crippen LogP contribution in [0.15, 0.2) is 54.2 Å². The van der Waals surface area contributed by atoms with Crippen LogP contribution in [0.2, 0.25) is 4.34 Å². The molecule has 0 bridgehead atoms. The maximum atomic E-state index is 6.11. The third-order valence-corrected chi connectivity index (χ3v) is 5.56. The third kappa shape index (κ3) is 3.52. The Morgan fingerprint density at radius 1 is 1.10 bits per heavy atom. The summed E-state index contributed by atoms with van der Waals surface area (Å²) in [5.41, 5.74) is 1.23. The molecule has 21 heavy (non-hydrogen) atoms. The predicted octanol–water partition coefficient (Wildman–Crippen LogP) is 5.30. The second-order valence-corrected chi connectivity index (χ2v) is 7.49. The molecule has 3 heterocycles. The number of nitrogens with zero attached hydrogens (tertiary/aromatic N) is 1. The Kier molecular flexibility index (Phi) is 4.70. The molecule has 0 aliphatic carbocycles. The molecule has 0 saturated carbocycles. The summed E-state index contributed by atoms with van der Waals surface area (Å²) < 4.78 is 0.824. The first-order chi connectivity index (χ1) is 10.2. The van der Waals surface area contributed by atoms with Crippen molar-refractivity contribution in [3.8, 4) is 0 Å². The van der Waals surface area contributed by atoms with Crippen LogP contribution in [0.3, 0.4) is 0 Å². The SMILES string of the molecule is CC(NC(c1cccs1)c1ccc(Cl)s1)c1ccncc1. The number of pyridine rings is 1. The summed E-state index contributed by atoms with van der Waals surface area (Å²) in [5.74, 6) is 0. The maximum absolute atomic E-state index is 6.11. The first-order valence-corrected chi connectivity index (χ1v) is 8.76. The Labute approximate surface area is 137 Å². The van der Waals surface area contributed by atoms with Crippen molar-refractivity contribution >= 4 is 34.3 Å². The third-order valence-electron chi connectivity index (χ3n) is 3.33. The van der Waals surface area contributed by atoms with Gasteiger partial charge in [0, 0.05) is 28.2 Å². The number of aromatic nitrogens is 1. The highest BCUT2D eigenvalue weighted by atomic mass is 35.5. The minimum absolute atomic E-state index is 0.172. The predicted molar refractivity (Wildman–Crippen MR) is 91.3 cm³/mol. The summed E-state index contributed by atoms with van der Waals surface area (Å²) in [5, 5.41) is 5.81. The zero-order valence-electron chi connectivity index (χ0n) is 11.5. The molecule has 3 aromatic rings. The normalized spacial score (nSPS) is 14.0.